The van der Waals surface area contributed by atoms with Crippen LogP contribution in [0.4, 0.5) is 0 Å². The lowest BCUT2D eigenvalue weighted by atomic mass is 10.3. The van der Waals surface area contributed by atoms with Crippen LogP contribution in [-0.4, -0.2) is 6.16 Å². The molecule has 0 aliphatic heterocycles. The van der Waals surface area contributed by atoms with Gasteiger partial charge in [0.2, 0.25) is 0 Å². The van der Waals surface area contributed by atoms with Gasteiger partial charge in [-0.1, -0.05) is 13.8 Å². The summed E-state index contributed by atoms with van der Waals surface area (Å²) in [5, 5.41) is 0. The van der Waals surface area contributed by atoms with Crippen LogP contribution in [0.3, 0.4) is 0 Å². The third-order valence-electron chi connectivity index (χ3n) is 0.492. The zero-order valence-corrected chi connectivity index (χ0v) is 5.19. The molecule has 6 heavy (non-hydrogen) atoms. The van der Waals surface area contributed by atoms with E-state index in [1.807, 2.05) is 0 Å². The topological polar surface area (TPSA) is 17.1 Å². The van der Waals surface area contributed by atoms with E-state index in [1.165, 1.54) is 0 Å². The second-order valence-corrected chi connectivity index (χ2v) is 2.44. The summed E-state index contributed by atoms with van der Waals surface area (Å²) in [6.45, 7) is 4.12. The van der Waals surface area contributed by atoms with Crippen LogP contribution in [0, 0.1) is 5.92 Å². The van der Waals surface area contributed by atoms with E-state index in [9.17, 15) is 4.57 Å². The van der Waals surface area contributed by atoms with Crippen molar-refractivity contribution in [3.8, 4) is 0 Å². The molecule has 0 fully saturated rings. The molecule has 1 atom stereocenters. The molecule has 37 valence electrons. The van der Waals surface area contributed by atoms with Crippen LogP contribution >= 0.6 is 8.46 Å². The van der Waals surface area contributed by atoms with Gasteiger partial charge in [-0.2, -0.15) is 0 Å². The van der Waals surface area contributed by atoms with E-state index in [0.29, 0.717) is 5.92 Å². The molecule has 2 heteroatoms. The second-order valence-electron chi connectivity index (χ2n) is 1.74. The lowest BCUT2D eigenvalue weighted by Gasteiger charge is -1.89. The summed E-state index contributed by atoms with van der Waals surface area (Å²) < 4.78 is 9.77. The third-order valence-corrected chi connectivity index (χ3v) is 1.47. The van der Waals surface area contributed by atoms with Crippen LogP contribution in [-0.2, 0) is 4.57 Å². The molecule has 0 aromatic heterocycles. The van der Waals surface area contributed by atoms with E-state index in [4.69, 9.17) is 0 Å². The Balaban J connectivity index is 2.81. The van der Waals surface area contributed by atoms with E-state index >= 15 is 0 Å². The van der Waals surface area contributed by atoms with Gasteiger partial charge in [-0.3, -0.25) is 4.57 Å². The van der Waals surface area contributed by atoms with E-state index in [-0.39, 0.29) is 8.46 Å². The molecular weight excluding hydrogens is 95.0 g/mol. The monoisotopic (exact) mass is 105 g/mol. The third kappa shape index (κ3) is 4.10. The fraction of sp³-hybridized carbons (Fsp3) is 1.00. The van der Waals surface area contributed by atoms with Crippen molar-refractivity contribution in [2.24, 2.45) is 5.92 Å². The highest BCUT2D eigenvalue weighted by atomic mass is 31.1. The molecule has 0 N–H and O–H groups in total. The smallest absolute Gasteiger partial charge is 0.0583 e. The predicted octanol–water partition coefficient (Wildman–Crippen LogP) is 1.67. The summed E-state index contributed by atoms with van der Waals surface area (Å²) in [6.07, 6.45) is 0.847. The van der Waals surface area contributed by atoms with Crippen LogP contribution < -0.4 is 0 Å². The largest absolute Gasteiger partial charge is 0.291 e. The number of hydrogen-bond donors (Lipinski definition) is 0. The molecule has 0 aliphatic rings. The van der Waals surface area contributed by atoms with Gasteiger partial charge >= 0.3 is 0 Å². The molecule has 0 rings (SSSR count). The quantitative estimate of drug-likeness (QED) is 0.488. The SMILES string of the molecule is CC(C)C[PH]=O. The molecular formula is C4H10OP. The van der Waals surface area contributed by atoms with Crippen molar-refractivity contribution in [1.29, 1.82) is 0 Å². The van der Waals surface area contributed by atoms with E-state index in [0.717, 1.165) is 6.16 Å². The standard InChI is InChI=1S/C4H10OP/c1-4(2)3-6-5/h4,6H,3H2,1-2H3. The van der Waals surface area contributed by atoms with E-state index in [2.05, 4.69) is 13.8 Å². The van der Waals surface area contributed by atoms with Gasteiger partial charge in [-0.15, -0.1) is 0 Å². The van der Waals surface area contributed by atoms with Crippen molar-refractivity contribution in [3.63, 3.8) is 0 Å². The minimum atomic E-state index is -0.112. The van der Waals surface area contributed by atoms with E-state index in [1.54, 1.807) is 0 Å². The van der Waals surface area contributed by atoms with Crippen molar-refractivity contribution < 1.29 is 4.57 Å². The normalized spacial score (nSPS) is 10.5. The first-order valence-electron chi connectivity index (χ1n) is 2.12. The summed E-state index contributed by atoms with van der Waals surface area (Å²) >= 11 is 0. The summed E-state index contributed by atoms with van der Waals surface area (Å²) in [6, 6.07) is 0. The van der Waals surface area contributed by atoms with Gasteiger partial charge in [0.25, 0.3) is 0 Å². The van der Waals surface area contributed by atoms with Crippen LogP contribution in [0.5, 0.6) is 0 Å². The van der Waals surface area contributed by atoms with Gasteiger partial charge < -0.3 is 0 Å². The van der Waals surface area contributed by atoms with Gasteiger partial charge in [0.1, 0.15) is 0 Å². The zero-order chi connectivity index (χ0) is 4.99. The zero-order valence-electron chi connectivity index (χ0n) is 4.19. The van der Waals surface area contributed by atoms with Crippen LogP contribution in [0.1, 0.15) is 13.8 Å². The van der Waals surface area contributed by atoms with Gasteiger partial charge in [0.15, 0.2) is 0 Å². The van der Waals surface area contributed by atoms with Crippen LogP contribution in [0.25, 0.3) is 0 Å². The maximum atomic E-state index is 9.77. The molecule has 1 radical (unpaired) electrons. The van der Waals surface area contributed by atoms with Crippen molar-refractivity contribution >= 4 is 8.46 Å². The van der Waals surface area contributed by atoms with Crippen molar-refractivity contribution in [1.82, 2.24) is 0 Å². The minimum absolute atomic E-state index is 0.112. The molecule has 0 saturated heterocycles. The fourth-order valence-electron chi connectivity index (χ4n) is 0.167. The maximum absolute atomic E-state index is 9.77. The average molecular weight is 105 g/mol. The Morgan fingerprint density at radius 2 is 2.17 bits per heavy atom. The Kier molecular flexibility index (Phi) is 3.35. The van der Waals surface area contributed by atoms with Gasteiger partial charge in [-0.25, -0.2) is 0 Å². The number of rotatable bonds is 2. The minimum Gasteiger partial charge on any atom is -0.291 e. The highest BCUT2D eigenvalue weighted by Gasteiger charge is 1.85. The van der Waals surface area contributed by atoms with Crippen molar-refractivity contribution in [2.45, 2.75) is 13.8 Å². The highest BCUT2D eigenvalue weighted by molar-refractivity contribution is 7.23. The molecule has 0 amide bonds. The fourth-order valence-corrected chi connectivity index (χ4v) is 0.500. The Morgan fingerprint density at radius 1 is 1.67 bits per heavy atom. The Hall–Kier alpha value is 0.100. The second kappa shape index (κ2) is 3.30. The van der Waals surface area contributed by atoms with E-state index < -0.39 is 0 Å². The molecule has 0 aromatic carbocycles. The maximum Gasteiger partial charge on any atom is 0.0583 e. The molecule has 0 aromatic rings. The highest BCUT2D eigenvalue weighted by Crippen LogP contribution is 2.00. The molecule has 0 bridgehead atoms. The van der Waals surface area contributed by atoms with Crippen LogP contribution in [0.2, 0.25) is 0 Å². The lowest BCUT2D eigenvalue weighted by molar-refractivity contribution is 0.591. The molecule has 0 heterocycles. The summed E-state index contributed by atoms with van der Waals surface area (Å²) in [5.41, 5.74) is 0. The molecule has 0 spiro atoms. The first-order chi connectivity index (χ1) is 2.77. The lowest BCUT2D eigenvalue weighted by Crippen LogP contribution is -1.83. The Morgan fingerprint density at radius 3 is 2.17 bits per heavy atom. The Bertz CT molecular complexity index is 42.8. The predicted molar refractivity (Wildman–Crippen MR) is 28.7 cm³/mol. The van der Waals surface area contributed by atoms with Crippen LogP contribution in [0.15, 0.2) is 0 Å². The van der Waals surface area contributed by atoms with Crippen molar-refractivity contribution in [3.05, 3.63) is 0 Å². The van der Waals surface area contributed by atoms with Crippen molar-refractivity contribution in [2.75, 3.05) is 6.16 Å². The van der Waals surface area contributed by atoms with Gasteiger partial charge in [0, 0.05) is 6.16 Å². The molecule has 1 nitrogen and oxygen atoms in total. The van der Waals surface area contributed by atoms with Gasteiger partial charge in [-0.05, 0) is 5.92 Å². The summed E-state index contributed by atoms with van der Waals surface area (Å²) in [5.74, 6) is 0.598. The first kappa shape index (κ1) is 6.10. The van der Waals surface area contributed by atoms with Gasteiger partial charge in [0.05, 0.1) is 8.46 Å². The summed E-state index contributed by atoms with van der Waals surface area (Å²) in [7, 11) is -0.112. The number of hydrogen-bond acceptors (Lipinski definition) is 1. The average Bonchev–Trinajstić information content (AvgIpc) is 1.35. The summed E-state index contributed by atoms with van der Waals surface area (Å²) in [4.78, 5) is 0. The Labute approximate surface area is 40.0 Å². The molecule has 0 aliphatic carbocycles. The first-order valence-corrected chi connectivity index (χ1v) is 3.24. The molecule has 0 saturated carbocycles. The molecule has 1 unspecified atom stereocenters.